The molecule has 0 fully saturated rings. The number of aryl methyl sites for hydroxylation is 3. The van der Waals surface area contributed by atoms with Crippen LogP contribution >= 0.6 is 0 Å². The first-order chi connectivity index (χ1) is 8.58. The Morgan fingerprint density at radius 2 is 1.67 bits per heavy atom. The van der Waals surface area contributed by atoms with Crippen molar-refractivity contribution >= 4 is 11.5 Å². The zero-order valence-corrected chi connectivity index (χ0v) is 10.7. The smallest absolute Gasteiger partial charge is 0.353 e. The van der Waals surface area contributed by atoms with E-state index in [1.165, 1.54) is 11.8 Å². The second-order valence-electron chi connectivity index (χ2n) is 4.31. The molecule has 0 amide bonds. The maximum Gasteiger partial charge on any atom is 0.353 e. The van der Waals surface area contributed by atoms with E-state index in [1.807, 2.05) is 19.9 Å². The van der Waals surface area contributed by atoms with Gasteiger partial charge in [-0.3, -0.25) is 0 Å². The summed E-state index contributed by atoms with van der Waals surface area (Å²) >= 11 is 0. The summed E-state index contributed by atoms with van der Waals surface area (Å²) in [7, 11) is 0. The summed E-state index contributed by atoms with van der Waals surface area (Å²) < 4.78 is 0.694. The average Bonchev–Trinajstić information content (AvgIpc) is 2.34. The lowest BCUT2D eigenvalue weighted by Crippen LogP contribution is -2.24. The first kappa shape index (κ1) is 12.2. The summed E-state index contributed by atoms with van der Waals surface area (Å²) in [4.78, 5) is 0. The molecule has 4 heteroatoms. The van der Waals surface area contributed by atoms with Crippen molar-refractivity contribution in [1.29, 1.82) is 0 Å². The molecule has 0 aliphatic carbocycles. The molecule has 0 spiro atoms. The average molecular weight is 241 g/mol. The van der Waals surface area contributed by atoms with Crippen LogP contribution in [0.2, 0.25) is 0 Å². The third-order valence-electron chi connectivity index (χ3n) is 2.88. The van der Waals surface area contributed by atoms with Crippen molar-refractivity contribution < 1.29 is 4.73 Å². The number of pyridine rings is 1. The van der Waals surface area contributed by atoms with E-state index in [0.717, 1.165) is 16.8 Å². The van der Waals surface area contributed by atoms with E-state index in [9.17, 15) is 5.21 Å². The normalized spacial score (nSPS) is 11.1. The molecule has 0 atom stereocenters. The fraction of sp³-hybridized carbons (Fsp3) is 0.214. The van der Waals surface area contributed by atoms with Crippen LogP contribution in [0, 0.1) is 26.0 Å². The van der Waals surface area contributed by atoms with Crippen molar-refractivity contribution in [3.8, 4) is 0 Å². The Kier molecular flexibility index (Phi) is 3.37. The number of aromatic nitrogens is 1. The molecule has 4 nitrogen and oxygen atoms in total. The van der Waals surface area contributed by atoms with Crippen LogP contribution in [0.1, 0.15) is 16.7 Å². The molecule has 0 aliphatic heterocycles. The first-order valence-electron chi connectivity index (χ1n) is 5.75. The Bertz CT molecular complexity index is 606. The number of rotatable bonds is 2. The predicted octanol–water partition coefficient (Wildman–Crippen LogP) is 3.66. The van der Waals surface area contributed by atoms with E-state index in [0.29, 0.717) is 4.73 Å². The van der Waals surface area contributed by atoms with E-state index in [4.69, 9.17) is 0 Å². The molecule has 0 unspecified atom stereocenters. The lowest BCUT2D eigenvalue weighted by atomic mass is 10.1. The monoisotopic (exact) mass is 241 g/mol. The lowest BCUT2D eigenvalue weighted by Gasteiger charge is -2.03. The van der Waals surface area contributed by atoms with Gasteiger partial charge in [0.2, 0.25) is 0 Å². The third-order valence-corrected chi connectivity index (χ3v) is 2.88. The maximum atomic E-state index is 11.4. The molecule has 0 saturated heterocycles. The third kappa shape index (κ3) is 2.53. The van der Waals surface area contributed by atoms with Crippen molar-refractivity contribution in [3.63, 3.8) is 0 Å². The van der Waals surface area contributed by atoms with Gasteiger partial charge in [0, 0.05) is 6.07 Å². The van der Waals surface area contributed by atoms with Crippen LogP contribution in [0.3, 0.4) is 0 Å². The minimum atomic E-state index is 0.287. The fourth-order valence-electron chi connectivity index (χ4n) is 1.65. The van der Waals surface area contributed by atoms with Crippen LogP contribution in [-0.2, 0) is 0 Å². The minimum Gasteiger partial charge on any atom is -0.710 e. The second kappa shape index (κ2) is 4.96. The summed E-state index contributed by atoms with van der Waals surface area (Å²) in [5.74, 6) is 0.287. The summed E-state index contributed by atoms with van der Waals surface area (Å²) in [6, 6.07) is 9.10. The molecule has 0 aliphatic rings. The summed E-state index contributed by atoms with van der Waals surface area (Å²) in [6.07, 6.45) is 1.40. The van der Waals surface area contributed by atoms with Gasteiger partial charge in [-0.05, 0) is 54.7 Å². The zero-order chi connectivity index (χ0) is 13.1. The predicted molar refractivity (Wildman–Crippen MR) is 70.2 cm³/mol. The molecule has 0 bridgehead atoms. The van der Waals surface area contributed by atoms with E-state index in [2.05, 4.69) is 23.2 Å². The van der Waals surface area contributed by atoms with Gasteiger partial charge in [-0.25, -0.2) is 4.73 Å². The Balaban J connectivity index is 2.35. The van der Waals surface area contributed by atoms with Gasteiger partial charge < -0.3 is 5.21 Å². The molecule has 0 saturated carbocycles. The van der Waals surface area contributed by atoms with Gasteiger partial charge >= 0.3 is 5.82 Å². The Hall–Kier alpha value is -2.23. The van der Waals surface area contributed by atoms with Crippen LogP contribution < -0.4 is 4.73 Å². The number of benzene rings is 1. The van der Waals surface area contributed by atoms with E-state index < -0.39 is 0 Å². The van der Waals surface area contributed by atoms with Gasteiger partial charge in [0.05, 0.1) is 11.3 Å². The SMILES string of the molecule is Cc1cc(C)c(N=Nc2cccc[n+]2[O-])cc1C. The topological polar surface area (TPSA) is 51.7 Å². The fourth-order valence-corrected chi connectivity index (χ4v) is 1.65. The van der Waals surface area contributed by atoms with Crippen LogP contribution in [0.25, 0.3) is 0 Å². The summed E-state index contributed by atoms with van der Waals surface area (Å²) in [6.45, 7) is 6.08. The molecule has 92 valence electrons. The first-order valence-corrected chi connectivity index (χ1v) is 5.75. The van der Waals surface area contributed by atoms with Gasteiger partial charge in [0.15, 0.2) is 0 Å². The number of hydrogen-bond acceptors (Lipinski definition) is 3. The van der Waals surface area contributed by atoms with Gasteiger partial charge in [-0.2, -0.15) is 0 Å². The molecule has 2 aromatic rings. The molecule has 0 radical (unpaired) electrons. The molecular formula is C14H15N3O. The van der Waals surface area contributed by atoms with E-state index in [-0.39, 0.29) is 5.82 Å². The highest BCUT2D eigenvalue weighted by Crippen LogP contribution is 2.24. The van der Waals surface area contributed by atoms with Crippen molar-refractivity contribution in [3.05, 3.63) is 58.4 Å². The molecule has 1 aromatic heterocycles. The quantitative estimate of drug-likeness (QED) is 0.449. The van der Waals surface area contributed by atoms with Crippen molar-refractivity contribution in [2.24, 2.45) is 10.2 Å². The number of azo groups is 1. The highest BCUT2D eigenvalue weighted by molar-refractivity contribution is 5.50. The molecule has 0 N–H and O–H groups in total. The van der Waals surface area contributed by atoms with Crippen molar-refractivity contribution in [2.75, 3.05) is 0 Å². The van der Waals surface area contributed by atoms with Crippen molar-refractivity contribution in [2.45, 2.75) is 20.8 Å². The Labute approximate surface area is 106 Å². The number of hydrogen-bond donors (Lipinski definition) is 0. The lowest BCUT2D eigenvalue weighted by molar-refractivity contribution is -0.591. The zero-order valence-electron chi connectivity index (χ0n) is 10.7. The van der Waals surface area contributed by atoms with Crippen LogP contribution in [-0.4, -0.2) is 0 Å². The largest absolute Gasteiger partial charge is 0.710 e. The van der Waals surface area contributed by atoms with Gasteiger partial charge in [0.25, 0.3) is 0 Å². The molecule has 1 aromatic carbocycles. The molecular weight excluding hydrogens is 226 g/mol. The van der Waals surface area contributed by atoms with Crippen molar-refractivity contribution in [1.82, 2.24) is 0 Å². The standard InChI is InChI=1S/C14H15N3O/c1-10-8-12(3)13(9-11(10)2)15-16-14-6-4-5-7-17(14)18/h4-9H,1-3H3. The maximum absolute atomic E-state index is 11.4. The van der Waals surface area contributed by atoms with Crippen LogP contribution in [0.4, 0.5) is 11.5 Å². The van der Waals surface area contributed by atoms with E-state index >= 15 is 0 Å². The summed E-state index contributed by atoms with van der Waals surface area (Å²) in [5, 5.41) is 19.5. The highest BCUT2D eigenvalue weighted by atomic mass is 16.5. The Morgan fingerprint density at radius 3 is 2.39 bits per heavy atom. The molecule has 18 heavy (non-hydrogen) atoms. The minimum absolute atomic E-state index is 0.287. The van der Waals surface area contributed by atoms with Gasteiger partial charge in [-0.1, -0.05) is 12.1 Å². The van der Waals surface area contributed by atoms with Gasteiger partial charge in [-0.15, -0.1) is 0 Å². The number of nitrogens with zero attached hydrogens (tertiary/aromatic N) is 3. The molecule has 2 rings (SSSR count). The molecule has 1 heterocycles. The Morgan fingerprint density at radius 1 is 0.944 bits per heavy atom. The second-order valence-corrected chi connectivity index (χ2v) is 4.31. The highest BCUT2D eigenvalue weighted by Gasteiger charge is 2.05. The van der Waals surface area contributed by atoms with Gasteiger partial charge in [0.1, 0.15) is 5.69 Å². The summed E-state index contributed by atoms with van der Waals surface area (Å²) in [5.41, 5.74) is 4.24. The van der Waals surface area contributed by atoms with E-state index in [1.54, 1.807) is 18.2 Å². The van der Waals surface area contributed by atoms with Crippen LogP contribution in [0.5, 0.6) is 0 Å². The van der Waals surface area contributed by atoms with Crippen LogP contribution in [0.15, 0.2) is 46.8 Å².